The smallest absolute Gasteiger partial charge is 0.169 e. The second-order valence-electron chi connectivity index (χ2n) is 6.47. The zero-order valence-electron chi connectivity index (χ0n) is 15.2. The lowest BCUT2D eigenvalue weighted by Crippen LogP contribution is -2.41. The molecule has 148 valence electrons. The van der Waals surface area contributed by atoms with Crippen LogP contribution in [0.15, 0.2) is 65.8 Å². The van der Waals surface area contributed by atoms with Crippen LogP contribution < -0.4 is 0 Å². The molecule has 1 heterocycles. The zero-order chi connectivity index (χ0) is 19.8. The third kappa shape index (κ3) is 5.08. The molecule has 5 atom stereocenters. The first kappa shape index (κ1) is 20.3. The normalized spacial score (nSPS) is 25.2. The second kappa shape index (κ2) is 10.2. The van der Waals surface area contributed by atoms with Crippen LogP contribution in [0.25, 0.3) is 10.4 Å². The highest BCUT2D eigenvalue weighted by atomic mass is 16.7. The lowest BCUT2D eigenvalue weighted by Gasteiger charge is -2.24. The van der Waals surface area contributed by atoms with E-state index >= 15 is 0 Å². The van der Waals surface area contributed by atoms with Crippen molar-refractivity contribution < 1.29 is 24.4 Å². The Morgan fingerprint density at radius 3 is 2.11 bits per heavy atom. The van der Waals surface area contributed by atoms with E-state index in [2.05, 4.69) is 10.0 Å². The molecular formula is C20H23N3O5. The Kier molecular flexibility index (Phi) is 7.39. The molecule has 0 aliphatic carbocycles. The third-order valence-electron chi connectivity index (χ3n) is 4.52. The summed E-state index contributed by atoms with van der Waals surface area (Å²) in [5, 5.41) is 23.3. The van der Waals surface area contributed by atoms with Gasteiger partial charge >= 0.3 is 0 Å². The fourth-order valence-electron chi connectivity index (χ4n) is 3.11. The number of hydrogen-bond donors (Lipinski definition) is 2. The molecule has 2 N–H and O–H groups in total. The van der Waals surface area contributed by atoms with Gasteiger partial charge < -0.3 is 24.4 Å². The SMILES string of the molecule is [N-]=[N+]=NC1[C@H](OCc2ccccc2)O[C@H]([C@H](O)CO)[C@H]1OCc1ccccc1. The van der Waals surface area contributed by atoms with Gasteiger partial charge in [0.2, 0.25) is 0 Å². The quantitative estimate of drug-likeness (QED) is 0.391. The topological polar surface area (TPSA) is 117 Å². The molecule has 2 aromatic carbocycles. The Bertz CT molecular complexity index is 770. The molecule has 0 saturated carbocycles. The maximum absolute atomic E-state index is 10.2. The van der Waals surface area contributed by atoms with Crippen LogP contribution in [-0.2, 0) is 27.4 Å². The first-order valence-corrected chi connectivity index (χ1v) is 9.02. The molecule has 1 saturated heterocycles. The number of azide groups is 1. The Labute approximate surface area is 162 Å². The van der Waals surface area contributed by atoms with Crippen LogP contribution in [0.4, 0.5) is 0 Å². The summed E-state index contributed by atoms with van der Waals surface area (Å²) in [5.74, 6) is 0. The van der Waals surface area contributed by atoms with Crippen LogP contribution in [0.2, 0.25) is 0 Å². The van der Waals surface area contributed by atoms with Crippen LogP contribution in [0.3, 0.4) is 0 Å². The molecule has 0 amide bonds. The van der Waals surface area contributed by atoms with Crippen molar-refractivity contribution in [2.24, 2.45) is 5.11 Å². The molecule has 0 spiro atoms. The molecule has 28 heavy (non-hydrogen) atoms. The summed E-state index contributed by atoms with van der Waals surface area (Å²) >= 11 is 0. The predicted octanol–water partition coefficient (Wildman–Crippen LogP) is 2.55. The van der Waals surface area contributed by atoms with Gasteiger partial charge in [0.15, 0.2) is 6.29 Å². The van der Waals surface area contributed by atoms with Crippen molar-refractivity contribution in [2.45, 2.75) is 43.9 Å². The van der Waals surface area contributed by atoms with Gasteiger partial charge in [0, 0.05) is 4.91 Å². The monoisotopic (exact) mass is 385 g/mol. The number of aliphatic hydroxyl groups excluding tert-OH is 2. The number of nitrogens with zero attached hydrogens (tertiary/aromatic N) is 3. The number of aliphatic hydroxyl groups is 2. The van der Waals surface area contributed by atoms with E-state index in [-0.39, 0.29) is 13.2 Å². The molecular weight excluding hydrogens is 362 g/mol. The van der Waals surface area contributed by atoms with Crippen molar-refractivity contribution in [3.05, 3.63) is 82.2 Å². The average Bonchev–Trinajstić information content (AvgIpc) is 3.09. The summed E-state index contributed by atoms with van der Waals surface area (Å²) in [7, 11) is 0. The van der Waals surface area contributed by atoms with Gasteiger partial charge in [0.1, 0.15) is 24.4 Å². The van der Waals surface area contributed by atoms with Crippen LogP contribution in [0.1, 0.15) is 11.1 Å². The van der Waals surface area contributed by atoms with E-state index in [4.69, 9.17) is 19.7 Å². The van der Waals surface area contributed by atoms with Crippen LogP contribution in [0, 0.1) is 0 Å². The Morgan fingerprint density at radius 2 is 1.57 bits per heavy atom. The summed E-state index contributed by atoms with van der Waals surface area (Å²) in [6, 6.07) is 18.2. The molecule has 0 bridgehead atoms. The fourth-order valence-corrected chi connectivity index (χ4v) is 3.11. The van der Waals surface area contributed by atoms with Crippen molar-refractivity contribution in [1.29, 1.82) is 0 Å². The van der Waals surface area contributed by atoms with E-state index in [0.717, 1.165) is 11.1 Å². The van der Waals surface area contributed by atoms with Crippen LogP contribution in [-0.4, -0.2) is 47.5 Å². The van der Waals surface area contributed by atoms with Gasteiger partial charge in [-0.2, -0.15) is 0 Å². The Morgan fingerprint density at radius 1 is 1.00 bits per heavy atom. The highest BCUT2D eigenvalue weighted by Crippen LogP contribution is 2.31. The van der Waals surface area contributed by atoms with Gasteiger partial charge in [-0.1, -0.05) is 65.8 Å². The van der Waals surface area contributed by atoms with E-state index in [1.807, 2.05) is 60.7 Å². The maximum Gasteiger partial charge on any atom is 0.169 e. The van der Waals surface area contributed by atoms with E-state index in [9.17, 15) is 10.2 Å². The van der Waals surface area contributed by atoms with Gasteiger partial charge in [-0.25, -0.2) is 0 Å². The average molecular weight is 385 g/mol. The van der Waals surface area contributed by atoms with E-state index in [1.54, 1.807) is 0 Å². The summed E-state index contributed by atoms with van der Waals surface area (Å²) in [6.45, 7) is -0.0209. The van der Waals surface area contributed by atoms with Crippen molar-refractivity contribution in [2.75, 3.05) is 6.61 Å². The number of benzene rings is 2. The van der Waals surface area contributed by atoms with Gasteiger partial charge in [-0.15, -0.1) is 0 Å². The van der Waals surface area contributed by atoms with Gasteiger partial charge in [0.25, 0.3) is 0 Å². The van der Waals surface area contributed by atoms with Gasteiger partial charge in [-0.3, -0.25) is 0 Å². The van der Waals surface area contributed by atoms with Crippen molar-refractivity contribution in [1.82, 2.24) is 0 Å². The molecule has 2 aromatic rings. The maximum atomic E-state index is 10.2. The Balaban J connectivity index is 1.74. The third-order valence-corrected chi connectivity index (χ3v) is 4.52. The number of ether oxygens (including phenoxy) is 3. The lowest BCUT2D eigenvalue weighted by molar-refractivity contribution is -0.172. The van der Waals surface area contributed by atoms with Crippen LogP contribution >= 0.6 is 0 Å². The van der Waals surface area contributed by atoms with Gasteiger partial charge in [-0.05, 0) is 16.7 Å². The second-order valence-corrected chi connectivity index (χ2v) is 6.47. The van der Waals surface area contributed by atoms with E-state index < -0.39 is 37.3 Å². The highest BCUT2D eigenvalue weighted by Gasteiger charge is 2.48. The highest BCUT2D eigenvalue weighted by molar-refractivity contribution is 5.14. The summed E-state index contributed by atoms with van der Waals surface area (Å²) in [5.41, 5.74) is 10.8. The molecule has 0 radical (unpaired) electrons. The predicted molar refractivity (Wildman–Crippen MR) is 101 cm³/mol. The minimum atomic E-state index is -1.19. The molecule has 8 nitrogen and oxygen atoms in total. The molecule has 1 fully saturated rings. The molecule has 0 aromatic heterocycles. The number of hydrogen-bond acceptors (Lipinski definition) is 6. The molecule has 8 heteroatoms. The molecule has 1 unspecified atom stereocenters. The van der Waals surface area contributed by atoms with Gasteiger partial charge in [0.05, 0.1) is 19.8 Å². The minimum Gasteiger partial charge on any atom is -0.394 e. The largest absolute Gasteiger partial charge is 0.394 e. The first-order valence-electron chi connectivity index (χ1n) is 9.02. The van der Waals surface area contributed by atoms with E-state index in [0.29, 0.717) is 0 Å². The zero-order valence-corrected chi connectivity index (χ0v) is 15.2. The first-order chi connectivity index (χ1) is 13.7. The summed E-state index contributed by atoms with van der Waals surface area (Å²) in [4.78, 5) is 2.89. The minimum absolute atomic E-state index is 0.242. The van der Waals surface area contributed by atoms with E-state index in [1.165, 1.54) is 0 Å². The van der Waals surface area contributed by atoms with Crippen molar-refractivity contribution in [3.63, 3.8) is 0 Å². The van der Waals surface area contributed by atoms with Crippen LogP contribution in [0.5, 0.6) is 0 Å². The molecule has 3 rings (SSSR count). The fraction of sp³-hybridized carbons (Fsp3) is 0.400. The molecule has 1 aliphatic heterocycles. The summed E-state index contributed by atoms with van der Waals surface area (Å²) < 4.78 is 17.5. The lowest BCUT2D eigenvalue weighted by atomic mass is 10.0. The Hall–Kier alpha value is -2.45. The summed E-state index contributed by atoms with van der Waals surface area (Å²) in [6.07, 6.45) is -3.74. The van der Waals surface area contributed by atoms with Crippen molar-refractivity contribution in [3.8, 4) is 0 Å². The molecule has 1 aliphatic rings. The van der Waals surface area contributed by atoms with Crippen molar-refractivity contribution >= 4 is 0 Å². The number of rotatable bonds is 9. The standard InChI is InChI=1S/C20H23N3O5/c21-23-22-17-19(26-12-14-7-3-1-4-8-14)18(16(25)11-24)28-20(17)27-13-15-9-5-2-6-10-15/h1-10,16-20,24-25H,11-13H2/t16-,17?,18-,19+,20-/m1/s1.